The topological polar surface area (TPSA) is 35.2 Å². The fourth-order valence-electron chi connectivity index (χ4n) is 1.89. The van der Waals surface area contributed by atoms with Crippen LogP contribution in [0, 0.1) is 5.41 Å². The van der Waals surface area contributed by atoms with Crippen molar-refractivity contribution in [3.05, 3.63) is 30.3 Å². The van der Waals surface area contributed by atoms with Crippen LogP contribution in [-0.4, -0.2) is 13.2 Å². The molecule has 15 heavy (non-hydrogen) atoms. The van der Waals surface area contributed by atoms with Gasteiger partial charge in [-0.15, -0.1) is 0 Å². The highest BCUT2D eigenvalue weighted by Gasteiger charge is 2.40. The van der Waals surface area contributed by atoms with Crippen LogP contribution in [0.3, 0.4) is 0 Å². The average Bonchev–Trinajstić information content (AvgIpc) is 3.07. The van der Waals surface area contributed by atoms with E-state index in [2.05, 4.69) is 0 Å². The van der Waals surface area contributed by atoms with Crippen LogP contribution in [0.5, 0.6) is 5.75 Å². The SMILES string of the molecule is NCC1(CCCOc2ccccc2)CC1. The van der Waals surface area contributed by atoms with Crippen molar-refractivity contribution in [1.82, 2.24) is 0 Å². The second kappa shape index (κ2) is 4.67. The van der Waals surface area contributed by atoms with Crippen molar-refractivity contribution in [1.29, 1.82) is 0 Å². The van der Waals surface area contributed by atoms with Gasteiger partial charge in [0, 0.05) is 0 Å². The van der Waals surface area contributed by atoms with Gasteiger partial charge in [-0.05, 0) is 49.8 Å². The summed E-state index contributed by atoms with van der Waals surface area (Å²) in [7, 11) is 0. The molecule has 0 atom stereocenters. The highest BCUT2D eigenvalue weighted by atomic mass is 16.5. The van der Waals surface area contributed by atoms with Crippen LogP contribution >= 0.6 is 0 Å². The zero-order valence-electron chi connectivity index (χ0n) is 9.11. The number of hydrogen-bond acceptors (Lipinski definition) is 2. The second-order valence-corrected chi connectivity index (χ2v) is 4.47. The molecule has 2 nitrogen and oxygen atoms in total. The molecule has 1 aliphatic rings. The lowest BCUT2D eigenvalue weighted by Crippen LogP contribution is -2.16. The van der Waals surface area contributed by atoms with Gasteiger partial charge in [-0.2, -0.15) is 0 Å². The number of rotatable bonds is 6. The maximum absolute atomic E-state index is 5.72. The Hall–Kier alpha value is -1.02. The van der Waals surface area contributed by atoms with E-state index in [0.29, 0.717) is 5.41 Å². The van der Waals surface area contributed by atoms with Gasteiger partial charge in [0.05, 0.1) is 6.61 Å². The molecule has 1 aliphatic carbocycles. The van der Waals surface area contributed by atoms with Gasteiger partial charge in [0.1, 0.15) is 5.75 Å². The van der Waals surface area contributed by atoms with E-state index in [-0.39, 0.29) is 0 Å². The molecule has 2 N–H and O–H groups in total. The monoisotopic (exact) mass is 205 g/mol. The summed E-state index contributed by atoms with van der Waals surface area (Å²) in [6.07, 6.45) is 4.96. The molecule has 0 spiro atoms. The van der Waals surface area contributed by atoms with E-state index in [9.17, 15) is 0 Å². The van der Waals surface area contributed by atoms with Gasteiger partial charge in [-0.1, -0.05) is 18.2 Å². The van der Waals surface area contributed by atoms with E-state index in [1.165, 1.54) is 19.3 Å². The van der Waals surface area contributed by atoms with E-state index in [0.717, 1.165) is 25.3 Å². The highest BCUT2D eigenvalue weighted by molar-refractivity contribution is 5.20. The van der Waals surface area contributed by atoms with Crippen molar-refractivity contribution >= 4 is 0 Å². The average molecular weight is 205 g/mol. The summed E-state index contributed by atoms with van der Waals surface area (Å²) >= 11 is 0. The maximum atomic E-state index is 5.72. The predicted molar refractivity (Wildman–Crippen MR) is 61.9 cm³/mol. The van der Waals surface area contributed by atoms with Crippen LogP contribution in [0.15, 0.2) is 30.3 Å². The van der Waals surface area contributed by atoms with E-state index in [1.807, 2.05) is 30.3 Å². The van der Waals surface area contributed by atoms with Gasteiger partial charge in [-0.25, -0.2) is 0 Å². The quantitative estimate of drug-likeness (QED) is 0.724. The summed E-state index contributed by atoms with van der Waals surface area (Å²) in [6.45, 7) is 1.66. The summed E-state index contributed by atoms with van der Waals surface area (Å²) < 4.78 is 5.63. The standard InChI is InChI=1S/C13H19NO/c14-11-13(8-9-13)7-4-10-15-12-5-2-1-3-6-12/h1-3,5-6H,4,7-11,14H2. The molecule has 1 aromatic carbocycles. The molecule has 0 unspecified atom stereocenters. The molecule has 0 radical (unpaired) electrons. The Morgan fingerprint density at radius 3 is 2.53 bits per heavy atom. The number of ether oxygens (including phenoxy) is 1. The lowest BCUT2D eigenvalue weighted by molar-refractivity contribution is 0.288. The van der Waals surface area contributed by atoms with E-state index < -0.39 is 0 Å². The summed E-state index contributed by atoms with van der Waals surface area (Å²) in [5.74, 6) is 0.968. The zero-order valence-corrected chi connectivity index (χ0v) is 9.11. The Kier molecular flexibility index (Phi) is 3.27. The molecule has 82 valence electrons. The molecular weight excluding hydrogens is 186 g/mol. The van der Waals surface area contributed by atoms with Crippen LogP contribution in [0.1, 0.15) is 25.7 Å². The van der Waals surface area contributed by atoms with Crippen molar-refractivity contribution in [2.45, 2.75) is 25.7 Å². The van der Waals surface area contributed by atoms with E-state index >= 15 is 0 Å². The minimum Gasteiger partial charge on any atom is -0.494 e. The maximum Gasteiger partial charge on any atom is 0.119 e. The molecule has 0 aliphatic heterocycles. The molecule has 1 saturated carbocycles. The van der Waals surface area contributed by atoms with Gasteiger partial charge < -0.3 is 10.5 Å². The summed E-state index contributed by atoms with van der Waals surface area (Å²) in [6, 6.07) is 9.99. The zero-order chi connectivity index (χ0) is 10.6. The van der Waals surface area contributed by atoms with Crippen LogP contribution < -0.4 is 10.5 Å². The van der Waals surface area contributed by atoms with Crippen LogP contribution in [0.25, 0.3) is 0 Å². The van der Waals surface area contributed by atoms with Gasteiger partial charge in [-0.3, -0.25) is 0 Å². The summed E-state index contributed by atoms with van der Waals surface area (Å²) in [4.78, 5) is 0. The Labute approximate surface area is 91.4 Å². The minimum absolute atomic E-state index is 0.486. The fourth-order valence-corrected chi connectivity index (χ4v) is 1.89. The van der Waals surface area contributed by atoms with Gasteiger partial charge in [0.25, 0.3) is 0 Å². The summed E-state index contributed by atoms with van der Waals surface area (Å²) in [5, 5.41) is 0. The Morgan fingerprint density at radius 2 is 1.93 bits per heavy atom. The molecule has 0 saturated heterocycles. The number of nitrogens with two attached hydrogens (primary N) is 1. The van der Waals surface area contributed by atoms with Crippen molar-refractivity contribution in [2.24, 2.45) is 11.1 Å². The Bertz CT molecular complexity index is 293. The first-order valence-corrected chi connectivity index (χ1v) is 5.73. The number of benzene rings is 1. The molecule has 0 bridgehead atoms. The normalized spacial score (nSPS) is 17.4. The largest absolute Gasteiger partial charge is 0.494 e. The number of para-hydroxylation sites is 1. The van der Waals surface area contributed by atoms with Gasteiger partial charge >= 0.3 is 0 Å². The smallest absolute Gasteiger partial charge is 0.119 e. The molecule has 2 heteroatoms. The third kappa shape index (κ3) is 2.96. The van der Waals surface area contributed by atoms with Gasteiger partial charge in [0.15, 0.2) is 0 Å². The third-order valence-electron chi connectivity index (χ3n) is 3.25. The lowest BCUT2D eigenvalue weighted by atomic mass is 10.0. The molecule has 1 fully saturated rings. The fraction of sp³-hybridized carbons (Fsp3) is 0.538. The molecule has 0 aromatic heterocycles. The lowest BCUT2D eigenvalue weighted by Gasteiger charge is -2.12. The van der Waals surface area contributed by atoms with Crippen molar-refractivity contribution in [3.8, 4) is 5.75 Å². The Morgan fingerprint density at radius 1 is 1.20 bits per heavy atom. The van der Waals surface area contributed by atoms with Crippen LogP contribution in [0.4, 0.5) is 0 Å². The van der Waals surface area contributed by atoms with Crippen LogP contribution in [0.2, 0.25) is 0 Å². The van der Waals surface area contributed by atoms with Crippen molar-refractivity contribution < 1.29 is 4.74 Å². The molecule has 2 rings (SSSR count). The van der Waals surface area contributed by atoms with E-state index in [1.54, 1.807) is 0 Å². The molecular formula is C13H19NO. The third-order valence-corrected chi connectivity index (χ3v) is 3.25. The highest BCUT2D eigenvalue weighted by Crippen LogP contribution is 2.48. The summed E-state index contributed by atoms with van der Waals surface area (Å²) in [5.41, 5.74) is 6.21. The molecule has 1 aromatic rings. The van der Waals surface area contributed by atoms with Crippen LogP contribution in [-0.2, 0) is 0 Å². The molecule has 0 heterocycles. The minimum atomic E-state index is 0.486. The molecule has 0 amide bonds. The first kappa shape index (κ1) is 10.5. The van der Waals surface area contributed by atoms with E-state index in [4.69, 9.17) is 10.5 Å². The van der Waals surface area contributed by atoms with Crippen molar-refractivity contribution in [2.75, 3.05) is 13.2 Å². The first-order chi connectivity index (χ1) is 7.35. The first-order valence-electron chi connectivity index (χ1n) is 5.73. The van der Waals surface area contributed by atoms with Crippen molar-refractivity contribution in [3.63, 3.8) is 0 Å². The predicted octanol–water partition coefficient (Wildman–Crippen LogP) is 2.58. The second-order valence-electron chi connectivity index (χ2n) is 4.47. The van der Waals surface area contributed by atoms with Gasteiger partial charge in [0.2, 0.25) is 0 Å². The Balaban J connectivity index is 1.63. The number of hydrogen-bond donors (Lipinski definition) is 1.